The molecule has 0 spiro atoms. The van der Waals surface area contributed by atoms with Gasteiger partial charge >= 0.3 is 5.97 Å². The highest BCUT2D eigenvalue weighted by molar-refractivity contribution is 5.99. The van der Waals surface area contributed by atoms with Crippen LogP contribution in [0, 0.1) is 0 Å². The van der Waals surface area contributed by atoms with Crippen molar-refractivity contribution in [2.24, 2.45) is 0 Å². The van der Waals surface area contributed by atoms with E-state index in [-0.39, 0.29) is 31.8 Å². The van der Waals surface area contributed by atoms with Crippen LogP contribution in [0.25, 0.3) is 0 Å². The van der Waals surface area contributed by atoms with E-state index in [0.29, 0.717) is 43.5 Å². The third-order valence-electron chi connectivity index (χ3n) is 8.41. The van der Waals surface area contributed by atoms with Crippen LogP contribution in [0.2, 0.25) is 0 Å². The molecule has 2 heterocycles. The minimum atomic E-state index is -1.33. The fourth-order valence-electron chi connectivity index (χ4n) is 5.49. The summed E-state index contributed by atoms with van der Waals surface area (Å²) in [5.74, 6) is -1.46. The molecule has 11 nitrogen and oxygen atoms in total. The summed E-state index contributed by atoms with van der Waals surface area (Å²) in [6, 6.07) is 13.3. The Bertz CT molecular complexity index is 1330. The topological polar surface area (TPSA) is 143 Å². The summed E-state index contributed by atoms with van der Waals surface area (Å²) in [6.45, 7) is 3.92. The second kappa shape index (κ2) is 14.9. The minimum Gasteiger partial charge on any atom is -0.497 e. The van der Waals surface area contributed by atoms with Gasteiger partial charge in [0.05, 0.1) is 19.3 Å². The molecule has 4 rings (SSSR count). The number of esters is 1. The van der Waals surface area contributed by atoms with Gasteiger partial charge in [-0.3, -0.25) is 19.2 Å². The highest BCUT2D eigenvalue weighted by Gasteiger charge is 2.43. The molecule has 2 aliphatic rings. The molecule has 2 aromatic carbocycles. The van der Waals surface area contributed by atoms with Gasteiger partial charge in [-0.15, -0.1) is 0 Å². The van der Waals surface area contributed by atoms with E-state index in [1.165, 1.54) is 4.90 Å². The van der Waals surface area contributed by atoms with E-state index in [9.17, 15) is 24.0 Å². The standard InChI is InChI=1S/C33H42N4O7/c1-4-33(2)32(42)35-26(21-22-15-17-24(43-3)18-16-22)30(40)37-19-10-14-27(37)29(39)34-25(28(38)36-33)13-8-9-20-44-31(41)23-11-6-5-7-12-23/h5-7,11-12,15-18,25-27H,4,8-10,13-14,19-21H2,1-3H3,(H,34,39)(H,35,42)(H,36,38)/t25-,26-,27+,33-/m0/s1. The number of methoxy groups -OCH3 is 1. The average molecular weight is 607 g/mol. The molecule has 2 aliphatic heterocycles. The van der Waals surface area contributed by atoms with Crippen LogP contribution < -0.4 is 20.7 Å². The summed E-state index contributed by atoms with van der Waals surface area (Å²) in [5.41, 5.74) is -0.0566. The van der Waals surface area contributed by atoms with Crippen LogP contribution in [0.1, 0.15) is 68.3 Å². The van der Waals surface area contributed by atoms with Gasteiger partial charge in [0.15, 0.2) is 0 Å². The predicted octanol–water partition coefficient (Wildman–Crippen LogP) is 2.52. The van der Waals surface area contributed by atoms with Gasteiger partial charge in [0, 0.05) is 13.0 Å². The normalized spacial score (nSPS) is 24.2. The lowest BCUT2D eigenvalue weighted by Crippen LogP contribution is -2.65. The molecular formula is C33H42N4O7. The SMILES string of the molecule is CC[C@]1(C)NC(=O)[C@H](CCCCOC(=O)c2ccccc2)NC(=O)[C@H]2CCCN2C(=O)[C@H](Cc2ccc(OC)cc2)NC1=O. The van der Waals surface area contributed by atoms with E-state index in [1.54, 1.807) is 57.4 Å². The Morgan fingerprint density at radius 2 is 1.68 bits per heavy atom. The van der Waals surface area contributed by atoms with Gasteiger partial charge in [-0.1, -0.05) is 37.3 Å². The zero-order valence-corrected chi connectivity index (χ0v) is 25.6. The minimum absolute atomic E-state index is 0.158. The maximum absolute atomic E-state index is 13.9. The summed E-state index contributed by atoms with van der Waals surface area (Å²) in [7, 11) is 1.57. The number of amides is 4. The highest BCUT2D eigenvalue weighted by Crippen LogP contribution is 2.23. The molecule has 236 valence electrons. The van der Waals surface area contributed by atoms with E-state index in [0.717, 1.165) is 5.56 Å². The van der Waals surface area contributed by atoms with Gasteiger partial charge in [-0.25, -0.2) is 4.79 Å². The first-order chi connectivity index (χ1) is 21.1. The first kappa shape index (κ1) is 32.5. The van der Waals surface area contributed by atoms with E-state index < -0.39 is 47.4 Å². The third-order valence-corrected chi connectivity index (χ3v) is 8.41. The van der Waals surface area contributed by atoms with Gasteiger partial charge < -0.3 is 30.3 Å². The number of benzene rings is 2. The van der Waals surface area contributed by atoms with Gasteiger partial charge in [0.1, 0.15) is 29.4 Å². The molecule has 0 aromatic heterocycles. The number of carbonyl (C=O) groups is 5. The first-order valence-electron chi connectivity index (χ1n) is 15.2. The number of unbranched alkanes of at least 4 members (excludes halogenated alkanes) is 1. The lowest BCUT2D eigenvalue weighted by Gasteiger charge is -2.36. The van der Waals surface area contributed by atoms with Crippen LogP contribution in [0.5, 0.6) is 5.75 Å². The number of hydrogen-bond acceptors (Lipinski definition) is 7. The largest absolute Gasteiger partial charge is 0.497 e. The molecule has 2 saturated heterocycles. The van der Waals surface area contributed by atoms with Gasteiger partial charge in [-0.05, 0) is 75.3 Å². The van der Waals surface area contributed by atoms with Crippen molar-refractivity contribution in [3.05, 3.63) is 65.7 Å². The highest BCUT2D eigenvalue weighted by atomic mass is 16.5. The van der Waals surface area contributed by atoms with E-state index >= 15 is 0 Å². The summed E-state index contributed by atoms with van der Waals surface area (Å²) >= 11 is 0. The third kappa shape index (κ3) is 7.94. The monoisotopic (exact) mass is 606 g/mol. The van der Waals surface area contributed by atoms with Crippen LogP contribution >= 0.6 is 0 Å². The Balaban J connectivity index is 1.48. The molecular weight excluding hydrogens is 564 g/mol. The van der Waals surface area contributed by atoms with Crippen molar-refractivity contribution < 1.29 is 33.4 Å². The lowest BCUT2D eigenvalue weighted by molar-refractivity contribution is -0.144. The molecule has 0 radical (unpaired) electrons. The van der Waals surface area contributed by atoms with Crippen LogP contribution in [0.3, 0.4) is 0 Å². The zero-order valence-electron chi connectivity index (χ0n) is 25.6. The molecule has 3 N–H and O–H groups in total. The summed E-state index contributed by atoms with van der Waals surface area (Å²) in [4.78, 5) is 68.4. The molecule has 11 heteroatoms. The Hall–Kier alpha value is -4.41. The van der Waals surface area contributed by atoms with Crippen molar-refractivity contribution in [1.29, 1.82) is 0 Å². The molecule has 2 aromatic rings. The summed E-state index contributed by atoms with van der Waals surface area (Å²) in [6.07, 6.45) is 2.78. The lowest BCUT2D eigenvalue weighted by atomic mass is 9.94. The number of hydrogen-bond donors (Lipinski definition) is 3. The van der Waals surface area contributed by atoms with Crippen LogP contribution in [0.15, 0.2) is 54.6 Å². The van der Waals surface area contributed by atoms with Crippen LogP contribution in [-0.4, -0.2) is 78.4 Å². The zero-order chi connectivity index (χ0) is 31.7. The van der Waals surface area contributed by atoms with Gasteiger partial charge in [0.2, 0.25) is 23.6 Å². The van der Waals surface area contributed by atoms with Crippen LogP contribution in [-0.2, 0) is 30.3 Å². The molecule has 44 heavy (non-hydrogen) atoms. The summed E-state index contributed by atoms with van der Waals surface area (Å²) in [5, 5.41) is 8.59. The van der Waals surface area contributed by atoms with Crippen molar-refractivity contribution in [1.82, 2.24) is 20.9 Å². The van der Waals surface area contributed by atoms with E-state index in [4.69, 9.17) is 9.47 Å². The quantitative estimate of drug-likeness (QED) is 0.279. The van der Waals surface area contributed by atoms with Crippen molar-refractivity contribution in [2.45, 2.75) is 82.5 Å². The van der Waals surface area contributed by atoms with E-state index in [1.807, 2.05) is 18.2 Å². The molecule has 0 saturated carbocycles. The molecule has 0 aliphatic carbocycles. The van der Waals surface area contributed by atoms with Gasteiger partial charge in [-0.2, -0.15) is 0 Å². The number of rotatable bonds is 10. The number of ether oxygens (including phenoxy) is 2. The van der Waals surface area contributed by atoms with Crippen molar-refractivity contribution >= 4 is 29.6 Å². The average Bonchev–Trinajstić information content (AvgIpc) is 3.53. The van der Waals surface area contributed by atoms with Crippen LogP contribution in [0.4, 0.5) is 0 Å². The Morgan fingerprint density at radius 3 is 2.36 bits per heavy atom. The van der Waals surface area contributed by atoms with Gasteiger partial charge in [0.25, 0.3) is 0 Å². The second-order valence-electron chi connectivity index (χ2n) is 11.5. The number of fused-ring (bicyclic) bond motifs is 1. The fraction of sp³-hybridized carbons (Fsp3) is 0.485. The smallest absolute Gasteiger partial charge is 0.338 e. The maximum atomic E-state index is 13.9. The van der Waals surface area contributed by atoms with Crippen molar-refractivity contribution in [3.63, 3.8) is 0 Å². The van der Waals surface area contributed by atoms with Crippen molar-refractivity contribution in [3.8, 4) is 5.75 Å². The summed E-state index contributed by atoms with van der Waals surface area (Å²) < 4.78 is 10.6. The second-order valence-corrected chi connectivity index (χ2v) is 11.5. The molecule has 0 bridgehead atoms. The number of nitrogens with zero attached hydrogens (tertiary/aromatic N) is 1. The molecule has 4 atom stereocenters. The molecule has 0 unspecified atom stereocenters. The van der Waals surface area contributed by atoms with Crippen molar-refractivity contribution in [2.75, 3.05) is 20.3 Å². The number of carbonyl (C=O) groups excluding carboxylic acids is 5. The molecule has 4 amide bonds. The first-order valence-corrected chi connectivity index (χ1v) is 15.2. The predicted molar refractivity (Wildman–Crippen MR) is 163 cm³/mol. The Kier molecular flexibility index (Phi) is 11.0. The number of nitrogens with one attached hydrogen (secondary N) is 3. The fourth-order valence-corrected chi connectivity index (χ4v) is 5.49. The Morgan fingerprint density at radius 1 is 0.955 bits per heavy atom. The molecule has 2 fully saturated rings. The maximum Gasteiger partial charge on any atom is 0.338 e. The van der Waals surface area contributed by atoms with E-state index in [2.05, 4.69) is 16.0 Å². The Labute approximate surface area is 258 Å².